The van der Waals surface area contributed by atoms with Gasteiger partial charge in [0.1, 0.15) is 5.54 Å². The monoisotopic (exact) mass is 319 g/mol. The van der Waals surface area contributed by atoms with Gasteiger partial charge in [-0.2, -0.15) is 5.26 Å². The van der Waals surface area contributed by atoms with Crippen molar-refractivity contribution in [2.24, 2.45) is 0 Å². The first-order chi connectivity index (χ1) is 10.8. The van der Waals surface area contributed by atoms with E-state index in [-0.39, 0.29) is 11.5 Å². The first-order valence-electron chi connectivity index (χ1n) is 6.82. The second kappa shape index (κ2) is 6.04. The number of halogens is 1. The Balaban J connectivity index is 2.32. The zero-order valence-electron chi connectivity index (χ0n) is 12.5. The van der Waals surface area contributed by atoms with Crippen LogP contribution in [0.5, 0.6) is 0 Å². The highest BCUT2D eigenvalue weighted by Gasteiger charge is 2.53. The molecule has 1 fully saturated rings. The van der Waals surface area contributed by atoms with Crippen molar-refractivity contribution in [1.29, 1.82) is 5.26 Å². The second-order valence-corrected chi connectivity index (χ2v) is 5.01. The fourth-order valence-corrected chi connectivity index (χ4v) is 2.26. The van der Waals surface area contributed by atoms with Crippen LogP contribution in [0.25, 0.3) is 0 Å². The standard InChI is InChI=1S/C15H14FN3O4/c1-3-23-12(20)11(16)19-13(21)15(2,18-14(19)22)10-6-4-9(8-17)5-7-10/h4-7,11H,3H2,1-2H3,(H,18,22). The highest BCUT2D eigenvalue weighted by molar-refractivity contribution is 6.09. The lowest BCUT2D eigenvalue weighted by molar-refractivity contribution is -0.159. The fraction of sp³-hybridized carbons (Fsp3) is 0.333. The summed E-state index contributed by atoms with van der Waals surface area (Å²) < 4.78 is 18.6. The molecule has 2 rings (SSSR count). The van der Waals surface area contributed by atoms with E-state index in [0.29, 0.717) is 11.1 Å². The molecule has 1 aliphatic heterocycles. The Hall–Kier alpha value is -2.95. The molecule has 23 heavy (non-hydrogen) atoms. The lowest BCUT2D eigenvalue weighted by Gasteiger charge is -2.22. The third-order valence-corrected chi connectivity index (χ3v) is 3.52. The number of imide groups is 1. The molecule has 2 unspecified atom stereocenters. The van der Waals surface area contributed by atoms with Crippen LogP contribution >= 0.6 is 0 Å². The number of hydrogen-bond acceptors (Lipinski definition) is 5. The number of carbonyl (C=O) groups excluding carboxylic acids is 3. The summed E-state index contributed by atoms with van der Waals surface area (Å²) in [5.41, 5.74) is -0.781. The first kappa shape index (κ1) is 16.4. The zero-order chi connectivity index (χ0) is 17.2. The van der Waals surface area contributed by atoms with Crippen molar-refractivity contribution >= 4 is 17.9 Å². The maximum atomic E-state index is 14.1. The van der Waals surface area contributed by atoms with Crippen molar-refractivity contribution in [3.8, 4) is 6.07 Å². The van der Waals surface area contributed by atoms with Crippen LogP contribution in [0.15, 0.2) is 24.3 Å². The largest absolute Gasteiger partial charge is 0.462 e. The van der Waals surface area contributed by atoms with Crippen LogP contribution in [0, 0.1) is 11.3 Å². The molecule has 0 aliphatic carbocycles. The number of carbonyl (C=O) groups is 3. The number of benzene rings is 1. The molecule has 0 bridgehead atoms. The van der Waals surface area contributed by atoms with Gasteiger partial charge in [-0.05, 0) is 31.5 Å². The van der Waals surface area contributed by atoms with Crippen LogP contribution in [0.4, 0.5) is 9.18 Å². The van der Waals surface area contributed by atoms with Gasteiger partial charge in [0.25, 0.3) is 12.2 Å². The van der Waals surface area contributed by atoms with Crippen molar-refractivity contribution in [2.75, 3.05) is 6.61 Å². The van der Waals surface area contributed by atoms with Crippen LogP contribution in [0.1, 0.15) is 25.0 Å². The Morgan fingerprint density at radius 1 is 1.43 bits per heavy atom. The summed E-state index contributed by atoms with van der Waals surface area (Å²) in [5, 5.41) is 11.2. The smallest absolute Gasteiger partial charge is 0.362 e. The van der Waals surface area contributed by atoms with E-state index in [4.69, 9.17) is 5.26 Å². The molecule has 1 saturated heterocycles. The number of ether oxygens (including phenoxy) is 1. The molecule has 2 atom stereocenters. The van der Waals surface area contributed by atoms with Crippen molar-refractivity contribution in [3.63, 3.8) is 0 Å². The van der Waals surface area contributed by atoms with Crippen molar-refractivity contribution in [2.45, 2.75) is 25.7 Å². The summed E-state index contributed by atoms with van der Waals surface area (Å²) >= 11 is 0. The first-order valence-corrected chi connectivity index (χ1v) is 6.82. The van der Waals surface area contributed by atoms with E-state index in [2.05, 4.69) is 10.1 Å². The fourth-order valence-electron chi connectivity index (χ4n) is 2.26. The molecule has 0 spiro atoms. The number of rotatable bonds is 4. The van der Waals surface area contributed by atoms with E-state index >= 15 is 0 Å². The normalized spacial score (nSPS) is 21.6. The number of hydrogen-bond donors (Lipinski definition) is 1. The zero-order valence-corrected chi connectivity index (χ0v) is 12.5. The molecular formula is C15H14FN3O4. The van der Waals surface area contributed by atoms with E-state index in [9.17, 15) is 18.8 Å². The number of amides is 3. The van der Waals surface area contributed by atoms with E-state index in [0.717, 1.165) is 0 Å². The van der Waals surface area contributed by atoms with Gasteiger partial charge in [-0.1, -0.05) is 12.1 Å². The van der Waals surface area contributed by atoms with Gasteiger partial charge < -0.3 is 10.1 Å². The lowest BCUT2D eigenvalue weighted by atomic mass is 9.91. The van der Waals surface area contributed by atoms with Crippen molar-refractivity contribution in [3.05, 3.63) is 35.4 Å². The number of nitriles is 1. The Labute approximate surface area is 131 Å². The van der Waals surface area contributed by atoms with E-state index in [1.54, 1.807) is 0 Å². The molecule has 1 aromatic carbocycles. The van der Waals surface area contributed by atoms with Gasteiger partial charge in [0.15, 0.2) is 0 Å². The molecule has 1 aromatic rings. The Bertz CT molecular complexity index is 698. The van der Waals surface area contributed by atoms with E-state index < -0.39 is 29.7 Å². The second-order valence-electron chi connectivity index (χ2n) is 5.01. The summed E-state index contributed by atoms with van der Waals surface area (Å²) in [6.45, 7) is 2.81. The minimum Gasteiger partial charge on any atom is -0.462 e. The van der Waals surface area contributed by atoms with Crippen LogP contribution in [0.3, 0.4) is 0 Å². The highest BCUT2D eigenvalue weighted by atomic mass is 19.1. The van der Waals surface area contributed by atoms with Gasteiger partial charge in [0.05, 0.1) is 18.2 Å². The minimum absolute atomic E-state index is 0.0736. The quantitative estimate of drug-likeness (QED) is 0.510. The summed E-state index contributed by atoms with van der Waals surface area (Å²) in [6, 6.07) is 6.82. The molecule has 3 amide bonds. The molecule has 0 aromatic heterocycles. The highest BCUT2D eigenvalue weighted by Crippen LogP contribution is 2.30. The minimum atomic E-state index is -2.51. The van der Waals surface area contributed by atoms with Gasteiger partial charge in [-0.25, -0.2) is 18.9 Å². The molecule has 120 valence electrons. The predicted octanol–water partition coefficient (Wildman–Crippen LogP) is 1.18. The Morgan fingerprint density at radius 2 is 2.04 bits per heavy atom. The maximum absolute atomic E-state index is 14.1. The van der Waals surface area contributed by atoms with Gasteiger partial charge in [0.2, 0.25) is 0 Å². The molecule has 1 heterocycles. The van der Waals surface area contributed by atoms with Crippen LogP contribution in [-0.2, 0) is 19.9 Å². The maximum Gasteiger partial charge on any atom is 0.362 e. The molecule has 1 N–H and O–H groups in total. The summed E-state index contributed by atoms with van der Waals surface area (Å²) in [7, 11) is 0. The van der Waals surface area contributed by atoms with Crippen LogP contribution in [0.2, 0.25) is 0 Å². The number of alkyl halides is 1. The average molecular weight is 319 g/mol. The summed E-state index contributed by atoms with van der Waals surface area (Å²) in [6.07, 6.45) is -2.51. The molecular weight excluding hydrogens is 305 g/mol. The van der Waals surface area contributed by atoms with E-state index in [1.807, 2.05) is 6.07 Å². The Kier molecular flexibility index (Phi) is 4.31. The third kappa shape index (κ3) is 2.73. The third-order valence-electron chi connectivity index (χ3n) is 3.52. The molecule has 7 nitrogen and oxygen atoms in total. The van der Waals surface area contributed by atoms with Gasteiger partial charge in [0, 0.05) is 0 Å². The average Bonchev–Trinajstić information content (AvgIpc) is 2.77. The van der Waals surface area contributed by atoms with Gasteiger partial charge in [-0.15, -0.1) is 0 Å². The van der Waals surface area contributed by atoms with Crippen LogP contribution in [-0.4, -0.2) is 35.7 Å². The molecule has 8 heteroatoms. The summed E-state index contributed by atoms with van der Waals surface area (Å²) in [4.78, 5) is 36.1. The van der Waals surface area contributed by atoms with Crippen molar-refractivity contribution in [1.82, 2.24) is 10.2 Å². The topological polar surface area (TPSA) is 99.5 Å². The predicted molar refractivity (Wildman–Crippen MR) is 75.4 cm³/mol. The number of urea groups is 1. The van der Waals surface area contributed by atoms with E-state index in [1.165, 1.54) is 38.1 Å². The van der Waals surface area contributed by atoms with Crippen LogP contribution < -0.4 is 5.32 Å². The lowest BCUT2D eigenvalue weighted by Crippen LogP contribution is -2.45. The Morgan fingerprint density at radius 3 is 2.57 bits per heavy atom. The van der Waals surface area contributed by atoms with Crippen molar-refractivity contribution < 1.29 is 23.5 Å². The van der Waals surface area contributed by atoms with Gasteiger partial charge in [-0.3, -0.25) is 4.79 Å². The number of esters is 1. The number of nitrogens with zero attached hydrogens (tertiary/aromatic N) is 2. The SMILES string of the molecule is CCOC(=O)C(F)N1C(=O)NC(C)(c2ccc(C#N)cc2)C1=O. The van der Waals surface area contributed by atoms with Gasteiger partial charge >= 0.3 is 12.0 Å². The molecule has 0 saturated carbocycles. The molecule has 0 radical (unpaired) electrons. The summed E-state index contributed by atoms with van der Waals surface area (Å²) in [5.74, 6) is -2.21. The number of nitrogens with one attached hydrogen (secondary N) is 1. The molecule has 1 aliphatic rings.